The van der Waals surface area contributed by atoms with Crippen LogP contribution in [0.25, 0.3) is 10.2 Å². The fourth-order valence-corrected chi connectivity index (χ4v) is 4.81. The van der Waals surface area contributed by atoms with Gasteiger partial charge in [-0.15, -0.1) is 0 Å². The number of alkyl halides is 3. The number of aryl methyl sites for hydroxylation is 1. The third-order valence-electron chi connectivity index (χ3n) is 5.99. The zero-order valence-electron chi connectivity index (χ0n) is 20.0. The molecular weight excluding hydrogens is 522 g/mol. The Bertz CT molecular complexity index is 1550. The van der Waals surface area contributed by atoms with Crippen LogP contribution in [-0.4, -0.2) is 16.8 Å². The van der Waals surface area contributed by atoms with Gasteiger partial charge in [-0.1, -0.05) is 29.5 Å². The highest BCUT2D eigenvalue weighted by Gasteiger charge is 2.31. The van der Waals surface area contributed by atoms with Crippen LogP contribution >= 0.6 is 11.3 Å². The summed E-state index contributed by atoms with van der Waals surface area (Å²) in [4.78, 5) is 29.0. The highest BCUT2D eigenvalue weighted by molar-refractivity contribution is 7.22. The Labute approximate surface area is 218 Å². The van der Waals surface area contributed by atoms with Crippen molar-refractivity contribution in [3.05, 3.63) is 77.1 Å². The maximum atomic E-state index is 14.4. The van der Waals surface area contributed by atoms with Crippen molar-refractivity contribution in [1.29, 1.82) is 0 Å². The lowest BCUT2D eigenvalue weighted by molar-refractivity contribution is -0.137. The summed E-state index contributed by atoms with van der Waals surface area (Å²) >= 11 is 1.33. The number of hydrogen-bond acceptors (Lipinski definition) is 5. The lowest BCUT2D eigenvalue weighted by atomic mass is 10.1. The number of ether oxygens (including phenoxy) is 1. The predicted octanol–water partition coefficient (Wildman–Crippen LogP) is 7.08. The van der Waals surface area contributed by atoms with Crippen molar-refractivity contribution in [2.75, 3.05) is 10.6 Å². The number of fused-ring (bicyclic) bond motifs is 1. The second-order valence-corrected chi connectivity index (χ2v) is 9.99. The second-order valence-electron chi connectivity index (χ2n) is 8.99. The minimum absolute atomic E-state index is 0.0351. The van der Waals surface area contributed by atoms with E-state index in [0.717, 1.165) is 41.3 Å². The van der Waals surface area contributed by atoms with Gasteiger partial charge in [-0.2, -0.15) is 13.2 Å². The lowest BCUT2D eigenvalue weighted by Gasteiger charge is -2.12. The zero-order valence-corrected chi connectivity index (χ0v) is 20.8. The number of amides is 2. The number of nitrogens with zero attached hydrogens (tertiary/aromatic N) is 1. The van der Waals surface area contributed by atoms with Gasteiger partial charge in [0, 0.05) is 17.5 Å². The van der Waals surface area contributed by atoms with Gasteiger partial charge in [0.05, 0.1) is 27.9 Å². The first-order valence-corrected chi connectivity index (χ1v) is 12.5. The van der Waals surface area contributed by atoms with E-state index in [4.69, 9.17) is 4.74 Å². The van der Waals surface area contributed by atoms with Crippen LogP contribution in [0.1, 0.15) is 29.5 Å². The molecule has 3 aromatic carbocycles. The van der Waals surface area contributed by atoms with Gasteiger partial charge in [-0.05, 0) is 55.7 Å². The van der Waals surface area contributed by atoms with E-state index in [2.05, 4.69) is 15.6 Å². The molecule has 0 radical (unpaired) electrons. The second kappa shape index (κ2) is 10.1. The molecule has 4 aromatic rings. The van der Waals surface area contributed by atoms with Crippen molar-refractivity contribution in [2.45, 2.75) is 32.4 Å². The van der Waals surface area contributed by atoms with Crippen molar-refractivity contribution < 1.29 is 31.9 Å². The summed E-state index contributed by atoms with van der Waals surface area (Å²) in [5.74, 6) is -0.653. The molecule has 1 aliphatic carbocycles. The quantitative estimate of drug-likeness (QED) is 0.244. The summed E-state index contributed by atoms with van der Waals surface area (Å²) in [6.45, 7) is 1.84. The fraction of sp³-hybridized carbons (Fsp3) is 0.222. The molecule has 1 saturated carbocycles. The average molecular weight is 544 g/mol. The molecule has 0 atom stereocenters. The molecule has 0 unspecified atom stereocenters. The van der Waals surface area contributed by atoms with Crippen LogP contribution in [0.2, 0.25) is 0 Å². The molecule has 0 bridgehead atoms. The van der Waals surface area contributed by atoms with Crippen molar-refractivity contribution in [1.82, 2.24) is 4.98 Å². The SMILES string of the molecule is Cc1c(Oc2ccc(F)c(NC(=O)Cc3cccc(C(F)(F)F)c3)c2)ccc2nc(NC(=O)C3CC3)sc12. The molecular formula is C27H21F4N3O3S. The number of hydrogen-bond donors (Lipinski definition) is 2. The van der Waals surface area contributed by atoms with E-state index in [1.807, 2.05) is 6.92 Å². The summed E-state index contributed by atoms with van der Waals surface area (Å²) in [6.07, 6.45) is -3.12. The van der Waals surface area contributed by atoms with Gasteiger partial charge in [0.15, 0.2) is 5.13 Å². The number of halogens is 4. The molecule has 6 nitrogen and oxygen atoms in total. The molecule has 1 fully saturated rings. The van der Waals surface area contributed by atoms with Crippen LogP contribution in [0.5, 0.6) is 11.5 Å². The number of carbonyl (C=O) groups is 2. The van der Waals surface area contributed by atoms with Crippen LogP contribution in [-0.2, 0) is 22.2 Å². The van der Waals surface area contributed by atoms with Crippen LogP contribution in [0.3, 0.4) is 0 Å². The van der Waals surface area contributed by atoms with Crippen LogP contribution < -0.4 is 15.4 Å². The minimum atomic E-state index is -4.53. The Balaban J connectivity index is 1.30. The number of aromatic nitrogens is 1. The zero-order chi connectivity index (χ0) is 27.0. The van der Waals surface area contributed by atoms with Gasteiger partial charge in [-0.25, -0.2) is 9.37 Å². The largest absolute Gasteiger partial charge is 0.457 e. The van der Waals surface area contributed by atoms with Gasteiger partial charge in [0.25, 0.3) is 0 Å². The molecule has 38 heavy (non-hydrogen) atoms. The van der Waals surface area contributed by atoms with E-state index < -0.39 is 23.5 Å². The normalized spacial score (nSPS) is 13.4. The molecule has 2 N–H and O–H groups in total. The number of benzene rings is 3. The van der Waals surface area contributed by atoms with Crippen LogP contribution in [0.15, 0.2) is 54.6 Å². The molecule has 0 spiro atoms. The summed E-state index contributed by atoms with van der Waals surface area (Å²) in [7, 11) is 0. The topological polar surface area (TPSA) is 80.3 Å². The third kappa shape index (κ3) is 5.77. The number of anilines is 2. The van der Waals surface area contributed by atoms with E-state index in [1.54, 1.807) is 12.1 Å². The van der Waals surface area contributed by atoms with Gasteiger partial charge < -0.3 is 15.4 Å². The van der Waals surface area contributed by atoms with Gasteiger partial charge >= 0.3 is 6.18 Å². The molecule has 1 aromatic heterocycles. The Morgan fingerprint density at radius 2 is 1.87 bits per heavy atom. The van der Waals surface area contributed by atoms with Crippen molar-refractivity contribution in [3.8, 4) is 11.5 Å². The van der Waals surface area contributed by atoms with Gasteiger partial charge in [-0.3, -0.25) is 9.59 Å². The van der Waals surface area contributed by atoms with E-state index in [1.165, 1.54) is 35.6 Å². The van der Waals surface area contributed by atoms with Crippen molar-refractivity contribution >= 4 is 44.2 Å². The maximum absolute atomic E-state index is 14.4. The Kier molecular flexibility index (Phi) is 6.78. The first-order valence-electron chi connectivity index (χ1n) is 11.7. The first-order chi connectivity index (χ1) is 18.1. The Morgan fingerprint density at radius 1 is 1.08 bits per heavy atom. The minimum Gasteiger partial charge on any atom is -0.457 e. The third-order valence-corrected chi connectivity index (χ3v) is 7.10. The molecule has 11 heteroatoms. The first kappa shape index (κ1) is 25.7. The summed E-state index contributed by atoms with van der Waals surface area (Å²) in [5, 5.41) is 5.74. The predicted molar refractivity (Wildman–Crippen MR) is 136 cm³/mol. The highest BCUT2D eigenvalue weighted by Crippen LogP contribution is 2.38. The molecule has 0 aliphatic heterocycles. The van der Waals surface area contributed by atoms with E-state index >= 15 is 0 Å². The lowest BCUT2D eigenvalue weighted by Crippen LogP contribution is -2.16. The average Bonchev–Trinajstić information content (AvgIpc) is 3.63. The number of rotatable bonds is 7. The van der Waals surface area contributed by atoms with Gasteiger partial charge in [0.2, 0.25) is 11.8 Å². The van der Waals surface area contributed by atoms with Crippen molar-refractivity contribution in [3.63, 3.8) is 0 Å². The van der Waals surface area contributed by atoms with Crippen molar-refractivity contribution in [2.24, 2.45) is 5.92 Å². The molecule has 0 saturated heterocycles. The van der Waals surface area contributed by atoms with E-state index in [9.17, 15) is 27.2 Å². The summed E-state index contributed by atoms with van der Waals surface area (Å²) in [6, 6.07) is 11.7. The fourth-order valence-electron chi connectivity index (χ4n) is 3.85. The molecule has 196 valence electrons. The highest BCUT2D eigenvalue weighted by atomic mass is 32.1. The molecule has 5 rings (SSSR count). The molecule has 1 aliphatic rings. The summed E-state index contributed by atoms with van der Waals surface area (Å²) in [5.41, 5.74) is 0.585. The number of nitrogens with one attached hydrogen (secondary N) is 2. The van der Waals surface area contributed by atoms with Crippen LogP contribution in [0.4, 0.5) is 28.4 Å². The smallest absolute Gasteiger partial charge is 0.416 e. The van der Waals surface area contributed by atoms with Gasteiger partial charge in [0.1, 0.15) is 17.3 Å². The van der Waals surface area contributed by atoms with E-state index in [-0.39, 0.29) is 35.2 Å². The Hall–Kier alpha value is -3.99. The van der Waals surface area contributed by atoms with Crippen LogP contribution in [0, 0.1) is 18.7 Å². The molecule has 1 heterocycles. The number of thiazole rings is 1. The number of carbonyl (C=O) groups excluding carboxylic acids is 2. The van der Waals surface area contributed by atoms with E-state index in [0.29, 0.717) is 16.4 Å². The maximum Gasteiger partial charge on any atom is 0.416 e. The monoisotopic (exact) mass is 543 g/mol. The summed E-state index contributed by atoms with van der Waals surface area (Å²) < 4.78 is 60.0. The standard InChI is InChI=1S/C27H21F4N3O3S/c1-14-22(10-9-20-24(14)38-26(33-20)34-25(36)16-5-6-16)37-18-7-8-19(28)21(13-18)32-23(35)12-15-3-2-4-17(11-15)27(29,30)31/h2-4,7-11,13,16H,5-6,12H2,1H3,(H,32,35)(H,33,34,36). The molecule has 2 amide bonds. The Morgan fingerprint density at radius 3 is 2.61 bits per heavy atom.